The van der Waals surface area contributed by atoms with Crippen molar-refractivity contribution in [2.45, 2.75) is 180 Å². The summed E-state index contributed by atoms with van der Waals surface area (Å²) in [6.45, 7) is 4.25. The van der Waals surface area contributed by atoms with Crippen LogP contribution in [-0.4, -0.2) is 53.1 Å². The molecule has 0 fully saturated rings. The fourth-order valence-electron chi connectivity index (χ4n) is 5.41. The predicted octanol–water partition coefficient (Wildman–Crippen LogP) is 9.87. The van der Waals surface area contributed by atoms with Crippen molar-refractivity contribution in [1.29, 1.82) is 0 Å². The van der Waals surface area contributed by atoms with Gasteiger partial charge in [0.1, 0.15) is 6.10 Å². The van der Waals surface area contributed by atoms with Crippen LogP contribution in [0.15, 0.2) is 60.8 Å². The van der Waals surface area contributed by atoms with Crippen LogP contribution in [0.4, 0.5) is 0 Å². The van der Waals surface area contributed by atoms with Crippen molar-refractivity contribution in [3.8, 4) is 0 Å². The molecule has 3 atom stereocenters. The predicted molar refractivity (Wildman–Crippen MR) is 204 cm³/mol. The van der Waals surface area contributed by atoms with E-state index in [2.05, 4.69) is 48.7 Å². The minimum Gasteiger partial charge on any atom is -0.387 e. The molecule has 1 amide bonds. The van der Waals surface area contributed by atoms with Crippen molar-refractivity contribution in [2.24, 2.45) is 0 Å². The lowest BCUT2D eigenvalue weighted by Crippen LogP contribution is -2.50. The second kappa shape index (κ2) is 33.5. The summed E-state index contributed by atoms with van der Waals surface area (Å²) in [5, 5.41) is 23.2. The van der Waals surface area contributed by atoms with Crippen LogP contribution in [0.25, 0.3) is 0 Å². The number of unbranched alkanes of at least 4 members (excludes halogenated alkanes) is 17. The molecular weight excluding hydrogens is 623 g/mol. The molecule has 4 N–H and O–H groups in total. The first kappa shape index (κ1) is 46.0. The number of hydrogen-bond acceptors (Lipinski definition) is 5. The van der Waals surface area contributed by atoms with E-state index in [0.29, 0.717) is 12.8 Å². The number of carbonyl (C=O) groups is 1. The maximum atomic E-state index is 12.5. The van der Waals surface area contributed by atoms with Gasteiger partial charge in [-0.25, -0.2) is 0 Å². The number of amides is 1. The van der Waals surface area contributed by atoms with Crippen LogP contribution in [0.1, 0.15) is 162 Å². The number of allylic oxidation sites excluding steroid dienone is 9. The number of aliphatic hydroxyl groups excluding tert-OH is 2. The maximum Gasteiger partial charge on any atom is 0.267 e. The summed E-state index contributed by atoms with van der Waals surface area (Å²) in [4.78, 5) is 12.5. The van der Waals surface area contributed by atoms with Crippen molar-refractivity contribution >= 4 is 16.0 Å². The van der Waals surface area contributed by atoms with E-state index >= 15 is 0 Å². The zero-order valence-corrected chi connectivity index (χ0v) is 31.3. The van der Waals surface area contributed by atoms with E-state index in [4.69, 9.17) is 0 Å². The maximum absolute atomic E-state index is 12.5. The van der Waals surface area contributed by atoms with Gasteiger partial charge in [-0.1, -0.05) is 151 Å². The van der Waals surface area contributed by atoms with Crippen LogP contribution in [0.2, 0.25) is 0 Å². The molecule has 0 aromatic heterocycles. The highest BCUT2D eigenvalue weighted by molar-refractivity contribution is 7.85. The summed E-state index contributed by atoms with van der Waals surface area (Å²) in [5.74, 6) is -1.59. The van der Waals surface area contributed by atoms with Crippen molar-refractivity contribution in [1.82, 2.24) is 5.32 Å². The van der Waals surface area contributed by atoms with E-state index in [-0.39, 0.29) is 6.42 Å². The van der Waals surface area contributed by atoms with Gasteiger partial charge in [0, 0.05) is 0 Å². The Balaban J connectivity index is 4.02. The number of hydrogen-bond donors (Lipinski definition) is 4. The molecule has 48 heavy (non-hydrogen) atoms. The topological polar surface area (TPSA) is 124 Å². The molecule has 0 aromatic carbocycles. The number of nitrogens with one attached hydrogen (secondary N) is 1. The lowest BCUT2D eigenvalue weighted by atomic mass is 10.0. The third-order valence-corrected chi connectivity index (χ3v) is 9.13. The minimum atomic E-state index is -4.45. The summed E-state index contributed by atoms with van der Waals surface area (Å²) in [6, 6.07) is -1.26. The molecule has 0 radical (unpaired) electrons. The Morgan fingerprint density at radius 1 is 0.625 bits per heavy atom. The van der Waals surface area contributed by atoms with Crippen LogP contribution >= 0.6 is 0 Å². The zero-order chi connectivity index (χ0) is 35.6. The van der Waals surface area contributed by atoms with Crippen LogP contribution in [0.3, 0.4) is 0 Å². The van der Waals surface area contributed by atoms with Gasteiger partial charge in [0.2, 0.25) is 5.91 Å². The largest absolute Gasteiger partial charge is 0.387 e. The molecule has 0 saturated carbocycles. The van der Waals surface area contributed by atoms with Crippen LogP contribution < -0.4 is 5.32 Å². The normalized spacial score (nSPS) is 14.7. The van der Waals surface area contributed by atoms with E-state index in [9.17, 15) is 28.0 Å². The van der Waals surface area contributed by atoms with Crippen molar-refractivity contribution in [3.05, 3.63) is 60.8 Å². The fourth-order valence-corrected chi connectivity index (χ4v) is 6.14. The zero-order valence-electron chi connectivity index (χ0n) is 30.5. The molecule has 0 aromatic rings. The summed E-state index contributed by atoms with van der Waals surface area (Å²) >= 11 is 0. The van der Waals surface area contributed by atoms with Gasteiger partial charge in [-0.15, -0.1) is 0 Å². The monoisotopic (exact) mass is 694 g/mol. The average molecular weight is 694 g/mol. The van der Waals surface area contributed by atoms with Crippen molar-refractivity contribution < 1.29 is 28.0 Å². The minimum absolute atomic E-state index is 0.256. The number of rotatable bonds is 33. The van der Waals surface area contributed by atoms with Crippen LogP contribution in [0.5, 0.6) is 0 Å². The van der Waals surface area contributed by atoms with E-state index in [1.165, 1.54) is 70.3 Å². The highest BCUT2D eigenvalue weighted by Gasteiger charge is 2.27. The van der Waals surface area contributed by atoms with Gasteiger partial charge >= 0.3 is 0 Å². The van der Waals surface area contributed by atoms with E-state index < -0.39 is 40.0 Å². The summed E-state index contributed by atoms with van der Waals surface area (Å²) < 4.78 is 32.3. The molecule has 0 aliphatic heterocycles. The summed E-state index contributed by atoms with van der Waals surface area (Å²) in [7, 11) is -4.45. The van der Waals surface area contributed by atoms with Crippen molar-refractivity contribution in [3.63, 3.8) is 0 Å². The van der Waals surface area contributed by atoms with Gasteiger partial charge in [-0.3, -0.25) is 9.35 Å². The second-order valence-corrected chi connectivity index (χ2v) is 14.5. The van der Waals surface area contributed by atoms with Gasteiger partial charge in [0.15, 0.2) is 0 Å². The Morgan fingerprint density at radius 3 is 1.60 bits per heavy atom. The second-order valence-electron chi connectivity index (χ2n) is 13.0. The van der Waals surface area contributed by atoms with Gasteiger partial charge in [-0.2, -0.15) is 8.42 Å². The summed E-state index contributed by atoms with van der Waals surface area (Å²) in [6.07, 6.45) is 43.1. The Morgan fingerprint density at radius 2 is 1.08 bits per heavy atom. The molecule has 3 unspecified atom stereocenters. The Hall–Kier alpha value is -2.00. The molecule has 8 heteroatoms. The molecule has 0 aliphatic rings. The molecule has 0 heterocycles. The highest BCUT2D eigenvalue weighted by atomic mass is 32.2. The van der Waals surface area contributed by atoms with Crippen LogP contribution in [-0.2, 0) is 14.9 Å². The smallest absolute Gasteiger partial charge is 0.267 e. The third kappa shape index (κ3) is 32.5. The number of carbonyl (C=O) groups excluding carboxylic acids is 1. The van der Waals surface area contributed by atoms with E-state index in [0.717, 1.165) is 64.2 Å². The van der Waals surface area contributed by atoms with Gasteiger partial charge < -0.3 is 15.5 Å². The number of aliphatic hydroxyl groups is 2. The SMILES string of the molecule is C/C=C/CC/C=C/CC/C=C/C(O)C(CS(=O)(=O)O)NC(=O)C(O)CCCCCCCC/C=C\C/C=C\CCCCCCCCCCC. The molecule has 7 nitrogen and oxygen atoms in total. The third-order valence-electron chi connectivity index (χ3n) is 8.35. The van der Waals surface area contributed by atoms with Gasteiger partial charge in [-0.05, 0) is 71.1 Å². The van der Waals surface area contributed by atoms with Crippen LogP contribution in [0, 0.1) is 0 Å². The Bertz CT molecular complexity index is 1000. The summed E-state index contributed by atoms with van der Waals surface area (Å²) in [5.41, 5.74) is 0. The Kier molecular flexibility index (Phi) is 32.1. The molecule has 0 aliphatic carbocycles. The fraction of sp³-hybridized carbons (Fsp3) is 0.725. The Labute approximate surface area is 294 Å². The highest BCUT2D eigenvalue weighted by Crippen LogP contribution is 2.13. The lowest BCUT2D eigenvalue weighted by molar-refractivity contribution is -0.130. The van der Waals surface area contributed by atoms with E-state index in [1.54, 1.807) is 6.08 Å². The van der Waals surface area contributed by atoms with Gasteiger partial charge in [0.25, 0.3) is 10.1 Å². The standard InChI is InChI=1S/C40H71NO6S/c1-3-5-7-9-11-13-14-15-16-17-18-19-20-21-22-23-24-25-27-29-31-33-35-39(43)40(44)41-37(36-48(45,46)47)38(42)34-32-30-28-26-12-10-8-6-4-2/h4,6,12,18-19,21-22,26,32,34,37-39,42-43H,3,5,7-11,13-17,20,23-25,27-31,33,35-36H2,1-2H3,(H,41,44)(H,45,46,47)/b6-4+,19-18-,22-21-,26-12+,34-32+. The molecule has 278 valence electrons. The van der Waals surface area contributed by atoms with Crippen molar-refractivity contribution in [2.75, 3.05) is 5.75 Å². The quantitative estimate of drug-likeness (QED) is 0.0308. The lowest BCUT2D eigenvalue weighted by Gasteiger charge is -2.22. The molecular formula is C40H71NO6S. The first-order valence-electron chi connectivity index (χ1n) is 19.1. The first-order valence-corrected chi connectivity index (χ1v) is 20.7. The van der Waals surface area contributed by atoms with Gasteiger partial charge in [0.05, 0.1) is 17.9 Å². The average Bonchev–Trinajstić information content (AvgIpc) is 3.05. The molecule has 0 spiro atoms. The molecule has 0 rings (SSSR count). The molecule has 0 saturated heterocycles. The first-order chi connectivity index (χ1) is 23.2. The molecule has 0 bridgehead atoms. The van der Waals surface area contributed by atoms with E-state index in [1.807, 2.05) is 19.1 Å².